The Morgan fingerprint density at radius 1 is 1.17 bits per heavy atom. The molecule has 29 heavy (non-hydrogen) atoms. The molecule has 0 aliphatic carbocycles. The molecule has 4 rings (SSSR count). The molecule has 1 aromatic heterocycles. The number of hydrogen-bond acceptors (Lipinski definition) is 3. The number of aromatic amines is 1. The Morgan fingerprint density at radius 3 is 2.72 bits per heavy atom. The number of piperidine rings is 1. The van der Waals surface area contributed by atoms with E-state index >= 15 is 0 Å². The summed E-state index contributed by atoms with van der Waals surface area (Å²) in [6.45, 7) is 1.40. The van der Waals surface area contributed by atoms with Gasteiger partial charge in [-0.1, -0.05) is 24.3 Å². The summed E-state index contributed by atoms with van der Waals surface area (Å²) in [5, 5.41) is 2.42. The lowest BCUT2D eigenvalue weighted by Crippen LogP contribution is -2.40. The summed E-state index contributed by atoms with van der Waals surface area (Å²) in [7, 11) is 0. The highest BCUT2D eigenvalue weighted by Crippen LogP contribution is 2.34. The molecule has 1 amide bonds. The fourth-order valence-corrected chi connectivity index (χ4v) is 3.82. The number of carbonyl (C=O) groups excluding carboxylic acids is 1. The third-order valence-electron chi connectivity index (χ3n) is 5.17. The standard InChI is InChI=1S/C21H21F3N4O/c22-21(23,24)15-7-1-2-8-16(15)25-19(29)13-28-11-5-6-14(12-28)20-26-17-9-3-4-10-18(17)27-20/h1-4,7-10,14H,5-6,11-13H2,(H,25,29)(H,26,27). The van der Waals surface area contributed by atoms with Gasteiger partial charge in [-0.05, 0) is 43.7 Å². The number of hydrogen-bond donors (Lipinski definition) is 2. The summed E-state index contributed by atoms with van der Waals surface area (Å²) in [4.78, 5) is 22.4. The van der Waals surface area contributed by atoms with Gasteiger partial charge >= 0.3 is 6.18 Å². The second-order valence-corrected chi connectivity index (χ2v) is 7.30. The smallest absolute Gasteiger partial charge is 0.342 e. The molecule has 1 unspecified atom stereocenters. The predicted molar refractivity (Wildman–Crippen MR) is 105 cm³/mol. The zero-order valence-corrected chi connectivity index (χ0v) is 15.7. The second kappa shape index (κ2) is 7.87. The molecule has 2 aromatic carbocycles. The molecule has 1 saturated heterocycles. The van der Waals surface area contributed by atoms with E-state index in [0.29, 0.717) is 6.54 Å². The normalized spacial score (nSPS) is 18.1. The van der Waals surface area contributed by atoms with Gasteiger partial charge < -0.3 is 10.3 Å². The Bertz CT molecular complexity index is 981. The number of imidazole rings is 1. The third kappa shape index (κ3) is 4.42. The van der Waals surface area contributed by atoms with E-state index in [0.717, 1.165) is 42.3 Å². The lowest BCUT2D eigenvalue weighted by Gasteiger charge is -2.31. The van der Waals surface area contributed by atoms with Crippen molar-refractivity contribution in [2.24, 2.45) is 0 Å². The van der Waals surface area contributed by atoms with Gasteiger partial charge in [0.2, 0.25) is 5.91 Å². The van der Waals surface area contributed by atoms with Crippen molar-refractivity contribution in [2.45, 2.75) is 24.9 Å². The number of alkyl halides is 3. The van der Waals surface area contributed by atoms with Crippen molar-refractivity contribution in [2.75, 3.05) is 25.0 Å². The first kappa shape index (κ1) is 19.4. The molecule has 152 valence electrons. The van der Waals surface area contributed by atoms with Crippen LogP contribution in [-0.2, 0) is 11.0 Å². The molecule has 2 heterocycles. The quantitative estimate of drug-likeness (QED) is 0.680. The Labute approximate surface area is 165 Å². The number of nitrogens with zero attached hydrogens (tertiary/aromatic N) is 2. The Hall–Kier alpha value is -2.87. The summed E-state index contributed by atoms with van der Waals surface area (Å²) < 4.78 is 39.3. The number of fused-ring (bicyclic) bond motifs is 1. The molecule has 8 heteroatoms. The van der Waals surface area contributed by atoms with Gasteiger partial charge in [-0.3, -0.25) is 9.69 Å². The third-order valence-corrected chi connectivity index (χ3v) is 5.17. The summed E-state index contributed by atoms with van der Waals surface area (Å²) >= 11 is 0. The van der Waals surface area contributed by atoms with E-state index in [4.69, 9.17) is 0 Å². The first-order valence-corrected chi connectivity index (χ1v) is 9.53. The summed E-state index contributed by atoms with van der Waals surface area (Å²) in [6.07, 6.45) is -2.66. The molecule has 1 atom stereocenters. The summed E-state index contributed by atoms with van der Waals surface area (Å²) in [5.74, 6) is 0.595. The highest BCUT2D eigenvalue weighted by molar-refractivity contribution is 5.93. The molecule has 2 N–H and O–H groups in total. The van der Waals surface area contributed by atoms with E-state index in [-0.39, 0.29) is 18.2 Å². The van der Waals surface area contributed by atoms with E-state index in [9.17, 15) is 18.0 Å². The number of halogens is 3. The van der Waals surface area contributed by atoms with Crippen LogP contribution in [0, 0.1) is 0 Å². The maximum atomic E-state index is 13.1. The summed E-state index contributed by atoms with van der Waals surface area (Å²) in [5.41, 5.74) is 0.824. The van der Waals surface area contributed by atoms with Gasteiger partial charge in [-0.25, -0.2) is 4.98 Å². The van der Waals surface area contributed by atoms with Crippen LogP contribution in [0.15, 0.2) is 48.5 Å². The number of rotatable bonds is 4. The van der Waals surface area contributed by atoms with Crippen molar-refractivity contribution in [1.29, 1.82) is 0 Å². The van der Waals surface area contributed by atoms with Crippen LogP contribution in [0.5, 0.6) is 0 Å². The maximum Gasteiger partial charge on any atom is 0.418 e. The van der Waals surface area contributed by atoms with Crippen molar-refractivity contribution < 1.29 is 18.0 Å². The average molecular weight is 402 g/mol. The fourth-order valence-electron chi connectivity index (χ4n) is 3.82. The molecular weight excluding hydrogens is 381 g/mol. The van der Waals surface area contributed by atoms with Crippen LogP contribution in [0.4, 0.5) is 18.9 Å². The van der Waals surface area contributed by atoms with Crippen molar-refractivity contribution in [3.63, 3.8) is 0 Å². The maximum absolute atomic E-state index is 13.1. The Kier molecular flexibility index (Phi) is 5.27. The number of para-hydroxylation sites is 3. The molecule has 5 nitrogen and oxygen atoms in total. The van der Waals surface area contributed by atoms with Crippen molar-refractivity contribution in [3.05, 3.63) is 59.9 Å². The Balaban J connectivity index is 1.41. The first-order chi connectivity index (χ1) is 13.9. The summed E-state index contributed by atoms with van der Waals surface area (Å²) in [6, 6.07) is 12.8. The lowest BCUT2D eigenvalue weighted by atomic mass is 9.97. The van der Waals surface area contributed by atoms with Crippen LogP contribution < -0.4 is 5.32 Å². The molecular formula is C21H21F3N4O. The number of benzene rings is 2. The van der Waals surface area contributed by atoms with Crippen molar-refractivity contribution in [1.82, 2.24) is 14.9 Å². The molecule has 0 saturated carbocycles. The second-order valence-electron chi connectivity index (χ2n) is 7.30. The van der Waals surface area contributed by atoms with Crippen LogP contribution in [0.1, 0.15) is 30.1 Å². The minimum atomic E-state index is -4.51. The van der Waals surface area contributed by atoms with Crippen LogP contribution in [-0.4, -0.2) is 40.4 Å². The van der Waals surface area contributed by atoms with Crippen LogP contribution in [0.3, 0.4) is 0 Å². The number of aromatic nitrogens is 2. The first-order valence-electron chi connectivity index (χ1n) is 9.53. The van der Waals surface area contributed by atoms with Gasteiger partial charge in [-0.15, -0.1) is 0 Å². The van der Waals surface area contributed by atoms with Crippen LogP contribution in [0.25, 0.3) is 11.0 Å². The van der Waals surface area contributed by atoms with Gasteiger partial charge in [0.15, 0.2) is 0 Å². The average Bonchev–Trinajstić information content (AvgIpc) is 3.12. The molecule has 1 aliphatic rings. The number of H-pyrrole nitrogens is 1. The number of nitrogens with one attached hydrogen (secondary N) is 2. The van der Waals surface area contributed by atoms with Gasteiger partial charge in [0.25, 0.3) is 0 Å². The largest absolute Gasteiger partial charge is 0.418 e. The highest BCUT2D eigenvalue weighted by Gasteiger charge is 2.33. The number of anilines is 1. The van der Waals surface area contributed by atoms with Gasteiger partial charge in [0.1, 0.15) is 5.82 Å². The van der Waals surface area contributed by atoms with E-state index in [2.05, 4.69) is 15.3 Å². The molecule has 0 bridgehead atoms. The van der Waals surface area contributed by atoms with E-state index in [1.807, 2.05) is 29.2 Å². The van der Waals surface area contributed by atoms with Gasteiger partial charge in [-0.2, -0.15) is 13.2 Å². The number of likely N-dealkylation sites (tertiary alicyclic amines) is 1. The van der Waals surface area contributed by atoms with Crippen molar-refractivity contribution >= 4 is 22.6 Å². The minimum Gasteiger partial charge on any atom is -0.342 e. The van der Waals surface area contributed by atoms with Gasteiger partial charge in [0.05, 0.1) is 28.8 Å². The predicted octanol–water partition coefficient (Wildman–Crippen LogP) is 4.40. The van der Waals surface area contributed by atoms with E-state index in [1.165, 1.54) is 18.2 Å². The Morgan fingerprint density at radius 2 is 1.93 bits per heavy atom. The van der Waals surface area contributed by atoms with Crippen LogP contribution in [0.2, 0.25) is 0 Å². The molecule has 1 aliphatic heterocycles. The molecule has 1 fully saturated rings. The van der Waals surface area contributed by atoms with Gasteiger partial charge in [0, 0.05) is 12.5 Å². The SMILES string of the molecule is O=C(CN1CCCC(c2nc3ccccc3[nH]2)C1)Nc1ccccc1C(F)(F)F. The van der Waals surface area contributed by atoms with E-state index < -0.39 is 17.6 Å². The molecule has 3 aromatic rings. The zero-order chi connectivity index (χ0) is 20.4. The monoisotopic (exact) mass is 402 g/mol. The number of carbonyl (C=O) groups is 1. The van der Waals surface area contributed by atoms with E-state index in [1.54, 1.807) is 0 Å². The topological polar surface area (TPSA) is 61.0 Å². The van der Waals surface area contributed by atoms with Crippen LogP contribution >= 0.6 is 0 Å². The minimum absolute atomic E-state index is 0.0446. The molecule has 0 spiro atoms. The highest BCUT2D eigenvalue weighted by atomic mass is 19.4. The number of amides is 1. The zero-order valence-electron chi connectivity index (χ0n) is 15.7. The van der Waals surface area contributed by atoms with Crippen molar-refractivity contribution in [3.8, 4) is 0 Å². The lowest BCUT2D eigenvalue weighted by molar-refractivity contribution is -0.137. The fraction of sp³-hybridized carbons (Fsp3) is 0.333. The molecule has 0 radical (unpaired) electrons.